The fourth-order valence-corrected chi connectivity index (χ4v) is 6.19. The monoisotopic (exact) mass is 548 g/mol. The van der Waals surface area contributed by atoms with Crippen molar-refractivity contribution in [3.8, 4) is 0 Å². The molecule has 0 saturated carbocycles. The number of benzene rings is 3. The highest BCUT2D eigenvalue weighted by Crippen LogP contribution is 2.39. The zero-order valence-electron chi connectivity index (χ0n) is 24.9. The molecule has 2 atom stereocenters. The van der Waals surface area contributed by atoms with E-state index in [1.807, 2.05) is 0 Å². The molecule has 0 amide bonds. The average molecular weight is 549 g/mol. The minimum absolute atomic E-state index is 0.324. The van der Waals surface area contributed by atoms with Gasteiger partial charge >= 0.3 is 0 Å². The van der Waals surface area contributed by atoms with E-state index in [1.165, 1.54) is 50.9 Å². The highest BCUT2D eigenvalue weighted by molar-refractivity contribution is 5.70. The number of aryl methyl sites for hydroxylation is 1. The molecule has 2 unspecified atom stereocenters. The van der Waals surface area contributed by atoms with Crippen molar-refractivity contribution in [2.45, 2.75) is 46.0 Å². The van der Waals surface area contributed by atoms with Crippen LogP contribution < -0.4 is 9.80 Å². The molecule has 0 fully saturated rings. The van der Waals surface area contributed by atoms with E-state index in [-0.39, 0.29) is 0 Å². The summed E-state index contributed by atoms with van der Waals surface area (Å²) in [5.74, 6) is 0.679. The van der Waals surface area contributed by atoms with Crippen LogP contribution in [0.3, 0.4) is 0 Å². The van der Waals surface area contributed by atoms with E-state index in [1.54, 1.807) is 0 Å². The number of hydrogen-bond acceptors (Lipinski definition) is 2. The van der Waals surface area contributed by atoms with Crippen LogP contribution in [0.2, 0.25) is 0 Å². The molecule has 3 aromatic carbocycles. The zero-order valence-corrected chi connectivity index (χ0v) is 24.9. The largest absolute Gasteiger partial charge is 0.314 e. The SMILES string of the molecule is CC1=CCC=CC(N(C2=CC(C)C(c3ccc(N(C4=CC=CCC4)c4cccc(C)c4)cc3)C=C2)c2ccccc2)=C1. The van der Waals surface area contributed by atoms with Crippen LogP contribution in [0, 0.1) is 12.8 Å². The molecular formula is C40H40N2. The van der Waals surface area contributed by atoms with E-state index in [0.29, 0.717) is 11.8 Å². The minimum Gasteiger partial charge on any atom is -0.314 e. The Hall–Kier alpha value is -4.56. The standard InChI is InChI=1S/C40H40N2/c1-30-13-10-11-19-37(27-30)42(35-17-8-5-9-18-35)39-25-26-40(32(3)29-39)33-21-23-36(24-22-33)41(34-15-6-4-7-16-34)38-20-12-14-31(2)28-38/h4-6,8-9,11-15,17-29,32,40H,7,10,16H2,1-3H3. The predicted molar refractivity (Wildman–Crippen MR) is 180 cm³/mol. The summed E-state index contributed by atoms with van der Waals surface area (Å²) in [5.41, 5.74) is 11.3. The molecule has 3 aliphatic rings. The van der Waals surface area contributed by atoms with Crippen molar-refractivity contribution in [1.82, 2.24) is 0 Å². The van der Waals surface area contributed by atoms with Gasteiger partial charge in [0, 0.05) is 40.1 Å². The van der Waals surface area contributed by atoms with Gasteiger partial charge in [-0.2, -0.15) is 0 Å². The summed E-state index contributed by atoms with van der Waals surface area (Å²) in [4.78, 5) is 4.80. The molecule has 210 valence electrons. The Morgan fingerprint density at radius 3 is 2.26 bits per heavy atom. The maximum Gasteiger partial charge on any atom is 0.0461 e. The molecule has 0 N–H and O–H groups in total. The molecule has 0 heterocycles. The first kappa shape index (κ1) is 27.6. The van der Waals surface area contributed by atoms with Crippen molar-refractivity contribution >= 4 is 17.1 Å². The van der Waals surface area contributed by atoms with Crippen LogP contribution >= 0.6 is 0 Å². The van der Waals surface area contributed by atoms with E-state index in [0.717, 1.165) is 19.3 Å². The van der Waals surface area contributed by atoms with Crippen molar-refractivity contribution in [2.24, 2.45) is 5.92 Å². The molecule has 6 rings (SSSR count). The smallest absolute Gasteiger partial charge is 0.0461 e. The summed E-state index contributed by atoms with van der Waals surface area (Å²) >= 11 is 0. The van der Waals surface area contributed by atoms with Gasteiger partial charge in [-0.3, -0.25) is 0 Å². The Kier molecular flexibility index (Phi) is 8.23. The molecule has 0 saturated heterocycles. The van der Waals surface area contributed by atoms with Crippen LogP contribution in [0.5, 0.6) is 0 Å². The molecule has 0 aliphatic heterocycles. The maximum absolute atomic E-state index is 2.43. The van der Waals surface area contributed by atoms with Crippen molar-refractivity contribution < 1.29 is 0 Å². The van der Waals surface area contributed by atoms with E-state index in [9.17, 15) is 0 Å². The summed E-state index contributed by atoms with van der Waals surface area (Å²) < 4.78 is 0. The maximum atomic E-state index is 2.43. The number of rotatable bonds is 7. The van der Waals surface area contributed by atoms with Gasteiger partial charge in [0.15, 0.2) is 0 Å². The lowest BCUT2D eigenvalue weighted by atomic mass is 9.83. The van der Waals surface area contributed by atoms with Crippen molar-refractivity contribution in [3.05, 3.63) is 173 Å². The third-order valence-electron chi connectivity index (χ3n) is 8.32. The van der Waals surface area contributed by atoms with Gasteiger partial charge in [0.1, 0.15) is 0 Å². The second-order valence-electron chi connectivity index (χ2n) is 11.6. The molecule has 3 aromatic rings. The number of nitrogens with zero attached hydrogens (tertiary/aromatic N) is 2. The number of allylic oxidation sites excluding steroid dienone is 12. The Balaban J connectivity index is 1.29. The lowest BCUT2D eigenvalue weighted by molar-refractivity contribution is 0.628. The van der Waals surface area contributed by atoms with E-state index < -0.39 is 0 Å². The summed E-state index contributed by atoms with van der Waals surface area (Å²) in [7, 11) is 0. The van der Waals surface area contributed by atoms with Gasteiger partial charge in [-0.15, -0.1) is 0 Å². The Morgan fingerprint density at radius 2 is 1.52 bits per heavy atom. The minimum atomic E-state index is 0.324. The Morgan fingerprint density at radius 1 is 0.738 bits per heavy atom. The first-order valence-electron chi connectivity index (χ1n) is 15.2. The van der Waals surface area contributed by atoms with E-state index in [2.05, 4.69) is 170 Å². The molecule has 2 heteroatoms. The van der Waals surface area contributed by atoms with Gasteiger partial charge in [0.25, 0.3) is 0 Å². The fraction of sp³-hybridized carbons (Fsp3) is 0.200. The fourth-order valence-electron chi connectivity index (χ4n) is 6.19. The van der Waals surface area contributed by atoms with Gasteiger partial charge in [0.05, 0.1) is 0 Å². The number of anilines is 3. The van der Waals surface area contributed by atoms with Gasteiger partial charge in [-0.1, -0.05) is 91.4 Å². The third-order valence-corrected chi connectivity index (χ3v) is 8.32. The lowest BCUT2D eigenvalue weighted by Crippen LogP contribution is -2.23. The Labute approximate surface area is 251 Å². The molecule has 0 aromatic heterocycles. The van der Waals surface area contributed by atoms with Crippen molar-refractivity contribution in [3.63, 3.8) is 0 Å². The quantitative estimate of drug-likeness (QED) is 0.290. The molecule has 0 spiro atoms. The van der Waals surface area contributed by atoms with Crippen LogP contribution in [0.25, 0.3) is 0 Å². The second-order valence-corrected chi connectivity index (χ2v) is 11.6. The highest BCUT2D eigenvalue weighted by atomic mass is 15.2. The summed E-state index contributed by atoms with van der Waals surface area (Å²) in [6.07, 6.45) is 26.0. The van der Waals surface area contributed by atoms with Crippen LogP contribution in [0.15, 0.2) is 162 Å². The molecule has 42 heavy (non-hydrogen) atoms. The molecule has 2 nitrogen and oxygen atoms in total. The first-order valence-corrected chi connectivity index (χ1v) is 15.2. The molecule has 3 aliphatic carbocycles. The number of hydrogen-bond donors (Lipinski definition) is 0. The molecule has 0 radical (unpaired) electrons. The van der Waals surface area contributed by atoms with Crippen LogP contribution in [0.1, 0.15) is 50.2 Å². The lowest BCUT2D eigenvalue weighted by Gasteiger charge is -2.32. The molecule has 0 bridgehead atoms. The third kappa shape index (κ3) is 6.04. The van der Waals surface area contributed by atoms with E-state index >= 15 is 0 Å². The first-order chi connectivity index (χ1) is 20.6. The van der Waals surface area contributed by atoms with Crippen LogP contribution in [0.4, 0.5) is 17.1 Å². The van der Waals surface area contributed by atoms with Gasteiger partial charge in [-0.05, 0) is 111 Å². The topological polar surface area (TPSA) is 6.48 Å². The second kappa shape index (κ2) is 12.5. The summed E-state index contributed by atoms with van der Waals surface area (Å²) in [5, 5.41) is 0. The summed E-state index contributed by atoms with van der Waals surface area (Å²) in [6, 6.07) is 28.7. The van der Waals surface area contributed by atoms with Crippen molar-refractivity contribution in [1.29, 1.82) is 0 Å². The molecular weight excluding hydrogens is 508 g/mol. The highest BCUT2D eigenvalue weighted by Gasteiger charge is 2.24. The predicted octanol–water partition coefficient (Wildman–Crippen LogP) is 10.8. The number of para-hydroxylation sites is 1. The van der Waals surface area contributed by atoms with Crippen LogP contribution in [-0.4, -0.2) is 0 Å². The van der Waals surface area contributed by atoms with Gasteiger partial charge in [0.2, 0.25) is 0 Å². The Bertz CT molecular complexity index is 1630. The van der Waals surface area contributed by atoms with E-state index in [4.69, 9.17) is 0 Å². The van der Waals surface area contributed by atoms with Crippen LogP contribution in [-0.2, 0) is 0 Å². The zero-order chi connectivity index (χ0) is 28.9. The normalized spacial score (nSPS) is 19.8. The average Bonchev–Trinajstić information content (AvgIpc) is 3.23. The van der Waals surface area contributed by atoms with Crippen molar-refractivity contribution in [2.75, 3.05) is 9.80 Å². The van der Waals surface area contributed by atoms with Gasteiger partial charge < -0.3 is 9.80 Å². The summed E-state index contributed by atoms with van der Waals surface area (Å²) in [6.45, 7) is 6.69. The van der Waals surface area contributed by atoms with Gasteiger partial charge in [-0.25, -0.2) is 0 Å².